The first-order valence-electron chi connectivity index (χ1n) is 7.74. The predicted octanol–water partition coefficient (Wildman–Crippen LogP) is 0.922. The van der Waals surface area contributed by atoms with Crippen molar-refractivity contribution in [3.63, 3.8) is 0 Å². The number of esters is 2. The summed E-state index contributed by atoms with van der Waals surface area (Å²) in [7, 11) is 4.57. The summed E-state index contributed by atoms with van der Waals surface area (Å²) in [6.07, 6.45) is 0.0226. The second-order valence-corrected chi connectivity index (χ2v) is 5.89. The molecule has 0 saturated heterocycles. The molecule has 8 nitrogen and oxygen atoms in total. The predicted molar refractivity (Wildman–Crippen MR) is 89.0 cm³/mol. The molecule has 8 heteroatoms. The molecule has 0 aliphatic heterocycles. The van der Waals surface area contributed by atoms with Gasteiger partial charge >= 0.3 is 11.9 Å². The standard InChI is InChI=1S/C17H28O8/c1-12(7-13(2)18)15(19)25-14(3)16(20)24-11-17(8-21-4,9-22-5)10-23-6/h7,14H,8-11H2,1-6H3. The van der Waals surface area contributed by atoms with Gasteiger partial charge in [-0.3, -0.25) is 4.79 Å². The Balaban J connectivity index is 4.78. The Hall–Kier alpha value is -1.77. The average Bonchev–Trinajstić information content (AvgIpc) is 2.52. The minimum Gasteiger partial charge on any atom is -0.462 e. The van der Waals surface area contributed by atoms with Gasteiger partial charge in [-0.15, -0.1) is 0 Å². The van der Waals surface area contributed by atoms with Gasteiger partial charge in [-0.1, -0.05) is 0 Å². The van der Waals surface area contributed by atoms with Crippen molar-refractivity contribution < 1.29 is 38.1 Å². The minimum absolute atomic E-state index is 0.0223. The van der Waals surface area contributed by atoms with Crippen LogP contribution in [0.25, 0.3) is 0 Å². The van der Waals surface area contributed by atoms with Crippen LogP contribution in [-0.2, 0) is 38.1 Å². The molecule has 144 valence electrons. The van der Waals surface area contributed by atoms with E-state index in [4.69, 9.17) is 23.7 Å². The van der Waals surface area contributed by atoms with Crippen LogP contribution < -0.4 is 0 Å². The van der Waals surface area contributed by atoms with Crippen LogP contribution in [0.3, 0.4) is 0 Å². The summed E-state index contributed by atoms with van der Waals surface area (Å²) in [5.41, 5.74) is -0.554. The number of methoxy groups -OCH3 is 3. The highest BCUT2D eigenvalue weighted by Gasteiger charge is 2.34. The smallest absolute Gasteiger partial charge is 0.347 e. The van der Waals surface area contributed by atoms with Gasteiger partial charge in [0.2, 0.25) is 0 Å². The summed E-state index contributed by atoms with van der Waals surface area (Å²) in [6, 6.07) is 0. The Bertz CT molecular complexity index is 466. The van der Waals surface area contributed by atoms with E-state index in [9.17, 15) is 14.4 Å². The summed E-state index contributed by atoms with van der Waals surface area (Å²) >= 11 is 0. The Labute approximate surface area is 148 Å². The molecular weight excluding hydrogens is 332 g/mol. The molecule has 0 aromatic heterocycles. The highest BCUT2D eigenvalue weighted by atomic mass is 16.6. The van der Waals surface area contributed by atoms with Gasteiger partial charge in [0.25, 0.3) is 0 Å². The molecule has 0 bridgehead atoms. The molecule has 1 unspecified atom stereocenters. The van der Waals surface area contributed by atoms with Crippen LogP contribution in [0.4, 0.5) is 0 Å². The topological polar surface area (TPSA) is 97.4 Å². The van der Waals surface area contributed by atoms with Crippen molar-refractivity contribution in [1.82, 2.24) is 0 Å². The normalized spacial score (nSPS) is 13.3. The summed E-state index contributed by atoms with van der Waals surface area (Å²) in [5.74, 6) is -1.75. The number of ether oxygens (including phenoxy) is 5. The molecule has 1 atom stereocenters. The first kappa shape index (κ1) is 23.2. The molecule has 25 heavy (non-hydrogen) atoms. The Morgan fingerprint density at radius 1 is 0.920 bits per heavy atom. The Kier molecular flexibility index (Phi) is 10.9. The van der Waals surface area contributed by atoms with Crippen molar-refractivity contribution in [3.8, 4) is 0 Å². The summed E-state index contributed by atoms with van der Waals surface area (Å²) in [5, 5.41) is 0. The van der Waals surface area contributed by atoms with E-state index in [1.807, 2.05) is 0 Å². The van der Waals surface area contributed by atoms with Gasteiger partial charge in [-0.05, 0) is 26.8 Å². The fourth-order valence-electron chi connectivity index (χ4n) is 2.18. The lowest BCUT2D eigenvalue weighted by molar-refractivity contribution is -0.170. The van der Waals surface area contributed by atoms with Crippen molar-refractivity contribution >= 4 is 17.7 Å². The molecule has 0 aromatic rings. The number of hydrogen-bond acceptors (Lipinski definition) is 8. The Morgan fingerprint density at radius 3 is 1.80 bits per heavy atom. The lowest BCUT2D eigenvalue weighted by Gasteiger charge is -2.31. The SMILES string of the molecule is COCC(COC)(COC)COC(=O)C(C)OC(=O)C(C)=CC(C)=O. The lowest BCUT2D eigenvalue weighted by atomic mass is 9.92. The molecule has 0 N–H and O–H groups in total. The average molecular weight is 360 g/mol. The van der Waals surface area contributed by atoms with E-state index < -0.39 is 23.5 Å². The van der Waals surface area contributed by atoms with Gasteiger partial charge in [0.05, 0.1) is 25.2 Å². The fraction of sp³-hybridized carbons (Fsp3) is 0.706. The van der Waals surface area contributed by atoms with Gasteiger partial charge in [0.15, 0.2) is 11.9 Å². The van der Waals surface area contributed by atoms with Crippen LogP contribution in [0.15, 0.2) is 11.6 Å². The molecule has 0 aliphatic carbocycles. The highest BCUT2D eigenvalue weighted by molar-refractivity contribution is 5.98. The maximum absolute atomic E-state index is 12.1. The first-order valence-corrected chi connectivity index (χ1v) is 7.74. The monoisotopic (exact) mass is 360 g/mol. The van der Waals surface area contributed by atoms with Crippen LogP contribution in [0.1, 0.15) is 20.8 Å². The molecule has 0 amide bonds. The van der Waals surface area contributed by atoms with Gasteiger partial charge in [-0.2, -0.15) is 0 Å². The quantitative estimate of drug-likeness (QED) is 0.374. The maximum atomic E-state index is 12.1. The molecule has 0 fully saturated rings. The third-order valence-electron chi connectivity index (χ3n) is 3.23. The van der Waals surface area contributed by atoms with E-state index in [0.29, 0.717) is 0 Å². The van der Waals surface area contributed by atoms with E-state index in [1.54, 1.807) is 0 Å². The largest absolute Gasteiger partial charge is 0.462 e. The van der Waals surface area contributed by atoms with Crippen molar-refractivity contribution in [2.45, 2.75) is 26.9 Å². The van der Waals surface area contributed by atoms with Crippen molar-refractivity contribution in [2.75, 3.05) is 47.8 Å². The number of allylic oxidation sites excluding steroid dienone is 1. The van der Waals surface area contributed by atoms with Gasteiger partial charge < -0.3 is 23.7 Å². The van der Waals surface area contributed by atoms with Crippen LogP contribution >= 0.6 is 0 Å². The van der Waals surface area contributed by atoms with Crippen LogP contribution in [0, 0.1) is 5.41 Å². The lowest BCUT2D eigenvalue weighted by Crippen LogP contribution is -2.42. The van der Waals surface area contributed by atoms with E-state index in [2.05, 4.69) is 0 Å². The van der Waals surface area contributed by atoms with Crippen molar-refractivity contribution in [1.29, 1.82) is 0 Å². The van der Waals surface area contributed by atoms with E-state index in [1.165, 1.54) is 42.1 Å². The summed E-state index contributed by atoms with van der Waals surface area (Å²) in [6.45, 7) is 4.90. The van der Waals surface area contributed by atoms with E-state index >= 15 is 0 Å². The summed E-state index contributed by atoms with van der Waals surface area (Å²) < 4.78 is 25.7. The van der Waals surface area contributed by atoms with E-state index in [0.717, 1.165) is 6.08 Å². The number of ketones is 1. The van der Waals surface area contributed by atoms with Crippen molar-refractivity contribution in [3.05, 3.63) is 11.6 Å². The van der Waals surface area contributed by atoms with E-state index in [-0.39, 0.29) is 37.8 Å². The highest BCUT2D eigenvalue weighted by Crippen LogP contribution is 2.20. The maximum Gasteiger partial charge on any atom is 0.347 e. The molecule has 0 spiro atoms. The Morgan fingerprint density at radius 2 is 1.40 bits per heavy atom. The molecule has 0 aromatic carbocycles. The number of carbonyl (C=O) groups excluding carboxylic acids is 3. The number of rotatable bonds is 12. The third-order valence-corrected chi connectivity index (χ3v) is 3.23. The first-order chi connectivity index (χ1) is 11.7. The van der Waals surface area contributed by atoms with Gasteiger partial charge in [-0.25, -0.2) is 9.59 Å². The molecule has 0 heterocycles. The molecular formula is C17H28O8. The zero-order valence-electron chi connectivity index (χ0n) is 15.7. The third kappa shape index (κ3) is 8.76. The number of hydrogen-bond donors (Lipinski definition) is 0. The molecule has 0 radical (unpaired) electrons. The van der Waals surface area contributed by atoms with Gasteiger partial charge in [0.1, 0.15) is 6.61 Å². The summed E-state index contributed by atoms with van der Waals surface area (Å²) in [4.78, 5) is 34.8. The molecule has 0 rings (SSSR count). The zero-order valence-corrected chi connectivity index (χ0v) is 15.7. The van der Waals surface area contributed by atoms with Gasteiger partial charge in [0, 0.05) is 26.9 Å². The number of carbonyl (C=O) groups is 3. The van der Waals surface area contributed by atoms with Crippen LogP contribution in [0.5, 0.6) is 0 Å². The minimum atomic E-state index is -1.12. The fourth-order valence-corrected chi connectivity index (χ4v) is 2.18. The molecule has 0 saturated carbocycles. The zero-order chi connectivity index (χ0) is 19.5. The van der Waals surface area contributed by atoms with Crippen molar-refractivity contribution in [2.24, 2.45) is 5.41 Å². The molecule has 0 aliphatic rings. The van der Waals surface area contributed by atoms with Crippen LogP contribution in [-0.4, -0.2) is 71.6 Å². The van der Waals surface area contributed by atoms with Crippen LogP contribution in [0.2, 0.25) is 0 Å². The second kappa shape index (κ2) is 11.7. The second-order valence-electron chi connectivity index (χ2n) is 5.89.